The lowest BCUT2D eigenvalue weighted by molar-refractivity contribution is -0.118. The smallest absolute Gasteiger partial charge is 0.338 e. The molecule has 1 heterocycles. The molecule has 2 aliphatic rings. The van der Waals surface area contributed by atoms with E-state index < -0.39 is 0 Å². The van der Waals surface area contributed by atoms with Crippen molar-refractivity contribution in [1.82, 2.24) is 5.32 Å². The molecule has 0 radical (unpaired) electrons. The van der Waals surface area contributed by atoms with Gasteiger partial charge in [-0.3, -0.25) is 4.79 Å². The number of carbonyl (C=O) groups excluding carboxylic acids is 2. The molecule has 1 aliphatic carbocycles. The number of hydrogen-bond acceptors (Lipinski definition) is 4. The van der Waals surface area contributed by atoms with Crippen LogP contribution in [0.25, 0.3) is 0 Å². The Morgan fingerprint density at radius 1 is 1.30 bits per heavy atom. The van der Waals surface area contributed by atoms with Gasteiger partial charge in [0.15, 0.2) is 0 Å². The number of esters is 1. The second-order valence-corrected chi connectivity index (χ2v) is 6.38. The van der Waals surface area contributed by atoms with Gasteiger partial charge >= 0.3 is 5.97 Å². The van der Waals surface area contributed by atoms with Crippen molar-refractivity contribution in [2.75, 3.05) is 25.5 Å². The minimum atomic E-state index is -0.355. The highest BCUT2D eigenvalue weighted by Gasteiger charge is 2.57. The summed E-state index contributed by atoms with van der Waals surface area (Å²) < 4.78 is 4.73. The zero-order chi connectivity index (χ0) is 15.7. The monoisotopic (exact) mass is 338 g/mol. The average molecular weight is 339 g/mol. The molecule has 1 spiro atoms. The quantitative estimate of drug-likeness (QED) is 0.831. The van der Waals surface area contributed by atoms with Crippen LogP contribution >= 0.6 is 12.4 Å². The summed E-state index contributed by atoms with van der Waals surface area (Å²) >= 11 is 0. The molecule has 1 saturated heterocycles. The molecular weight excluding hydrogens is 316 g/mol. The second-order valence-electron chi connectivity index (χ2n) is 6.38. The zero-order valence-corrected chi connectivity index (χ0v) is 14.3. The standard InChI is InChI=1S/C17H22N2O3.ClH/c1-11-9-12(3-4-13(11)16(21)22-2)19-15(20)14-10-17(14)5-7-18-8-6-17;/h3-4,9,14,18H,5-8,10H2,1-2H3,(H,19,20);1H. The van der Waals surface area contributed by atoms with Gasteiger partial charge in [-0.15, -0.1) is 12.4 Å². The molecular formula is C17H23ClN2O3. The number of hydrogen-bond donors (Lipinski definition) is 2. The average Bonchev–Trinajstić information content (AvgIpc) is 3.21. The van der Waals surface area contributed by atoms with Crippen LogP contribution in [-0.2, 0) is 9.53 Å². The van der Waals surface area contributed by atoms with Gasteiger partial charge in [0.05, 0.1) is 12.7 Å². The van der Waals surface area contributed by atoms with Crippen molar-refractivity contribution in [2.24, 2.45) is 11.3 Å². The third kappa shape index (κ3) is 3.51. The fourth-order valence-corrected chi connectivity index (χ4v) is 3.51. The fourth-order valence-electron chi connectivity index (χ4n) is 3.51. The molecule has 1 aromatic carbocycles. The van der Waals surface area contributed by atoms with Gasteiger partial charge in [0, 0.05) is 11.6 Å². The van der Waals surface area contributed by atoms with Crippen LogP contribution in [0.3, 0.4) is 0 Å². The molecule has 3 rings (SSSR count). The molecule has 1 saturated carbocycles. The highest BCUT2D eigenvalue weighted by Crippen LogP contribution is 2.58. The molecule has 2 fully saturated rings. The van der Waals surface area contributed by atoms with Crippen molar-refractivity contribution in [2.45, 2.75) is 26.2 Å². The second kappa shape index (κ2) is 6.89. The van der Waals surface area contributed by atoms with E-state index in [0.29, 0.717) is 5.56 Å². The van der Waals surface area contributed by atoms with Crippen molar-refractivity contribution in [3.05, 3.63) is 29.3 Å². The molecule has 0 aromatic heterocycles. The number of piperidine rings is 1. The maximum atomic E-state index is 12.4. The van der Waals surface area contributed by atoms with Crippen LogP contribution in [0.15, 0.2) is 18.2 Å². The molecule has 1 unspecified atom stereocenters. The summed E-state index contributed by atoms with van der Waals surface area (Å²) in [6.45, 7) is 3.86. The van der Waals surface area contributed by atoms with Crippen LogP contribution in [0.1, 0.15) is 35.2 Å². The molecule has 126 valence electrons. The Kier molecular flexibility index (Phi) is 5.32. The first-order chi connectivity index (χ1) is 10.6. The zero-order valence-electron chi connectivity index (χ0n) is 13.5. The van der Waals surface area contributed by atoms with Crippen LogP contribution in [0.5, 0.6) is 0 Å². The van der Waals surface area contributed by atoms with Crippen LogP contribution < -0.4 is 10.6 Å². The Balaban J connectivity index is 0.00000192. The number of benzene rings is 1. The van der Waals surface area contributed by atoms with Gasteiger partial charge in [-0.2, -0.15) is 0 Å². The maximum absolute atomic E-state index is 12.4. The number of ether oxygens (including phenoxy) is 1. The van der Waals surface area contributed by atoms with E-state index in [1.807, 2.05) is 13.0 Å². The molecule has 0 bridgehead atoms. The van der Waals surface area contributed by atoms with Crippen molar-refractivity contribution in [3.63, 3.8) is 0 Å². The number of carbonyl (C=O) groups is 2. The van der Waals surface area contributed by atoms with E-state index in [1.54, 1.807) is 12.1 Å². The molecule has 1 aliphatic heterocycles. The third-order valence-electron chi connectivity index (χ3n) is 5.00. The van der Waals surface area contributed by atoms with Crippen molar-refractivity contribution in [3.8, 4) is 0 Å². The van der Waals surface area contributed by atoms with Gasteiger partial charge < -0.3 is 15.4 Å². The summed E-state index contributed by atoms with van der Waals surface area (Å²) in [6.07, 6.45) is 3.18. The summed E-state index contributed by atoms with van der Waals surface area (Å²) in [4.78, 5) is 24.0. The van der Waals surface area contributed by atoms with Gasteiger partial charge in [0.25, 0.3) is 0 Å². The van der Waals surface area contributed by atoms with Gasteiger partial charge in [-0.05, 0) is 68.5 Å². The third-order valence-corrected chi connectivity index (χ3v) is 5.00. The molecule has 6 heteroatoms. The minimum absolute atomic E-state index is 0. The first kappa shape index (κ1) is 17.8. The van der Waals surface area contributed by atoms with Crippen molar-refractivity contribution in [1.29, 1.82) is 0 Å². The summed E-state index contributed by atoms with van der Waals surface area (Å²) in [6, 6.07) is 5.28. The van der Waals surface area contributed by atoms with E-state index in [-0.39, 0.29) is 35.6 Å². The normalized spacial score (nSPS) is 21.2. The number of halogens is 1. The Bertz CT molecular complexity index is 612. The highest BCUT2D eigenvalue weighted by molar-refractivity contribution is 5.96. The van der Waals surface area contributed by atoms with E-state index >= 15 is 0 Å². The lowest BCUT2D eigenvalue weighted by Crippen LogP contribution is -2.31. The van der Waals surface area contributed by atoms with Gasteiger partial charge in [0.2, 0.25) is 5.91 Å². The van der Waals surface area contributed by atoms with E-state index in [4.69, 9.17) is 4.74 Å². The van der Waals surface area contributed by atoms with E-state index in [9.17, 15) is 9.59 Å². The fraction of sp³-hybridized carbons (Fsp3) is 0.529. The summed E-state index contributed by atoms with van der Waals surface area (Å²) in [5, 5.41) is 6.33. The number of methoxy groups -OCH3 is 1. The van der Waals surface area contributed by atoms with E-state index in [2.05, 4.69) is 10.6 Å². The predicted octanol–water partition coefficient (Wildman–Crippen LogP) is 2.53. The summed E-state index contributed by atoms with van der Waals surface area (Å²) in [5.41, 5.74) is 2.31. The predicted molar refractivity (Wildman–Crippen MR) is 91.0 cm³/mol. The van der Waals surface area contributed by atoms with E-state index in [1.165, 1.54) is 7.11 Å². The Labute approximate surface area is 142 Å². The molecule has 1 aromatic rings. The SMILES string of the molecule is COC(=O)c1ccc(NC(=O)C2CC23CCNCC3)cc1C.Cl. The van der Waals surface area contributed by atoms with Gasteiger partial charge in [0.1, 0.15) is 0 Å². The minimum Gasteiger partial charge on any atom is -0.465 e. The maximum Gasteiger partial charge on any atom is 0.338 e. The molecule has 2 N–H and O–H groups in total. The van der Waals surface area contributed by atoms with Crippen molar-refractivity contribution >= 4 is 30.0 Å². The number of amides is 1. The van der Waals surface area contributed by atoms with Gasteiger partial charge in [-0.25, -0.2) is 4.79 Å². The number of rotatable bonds is 3. The van der Waals surface area contributed by atoms with Crippen LogP contribution in [-0.4, -0.2) is 32.1 Å². The number of nitrogens with one attached hydrogen (secondary N) is 2. The van der Waals surface area contributed by atoms with Crippen LogP contribution in [0, 0.1) is 18.3 Å². The molecule has 5 nitrogen and oxygen atoms in total. The van der Waals surface area contributed by atoms with Crippen LogP contribution in [0.4, 0.5) is 5.69 Å². The molecule has 1 amide bonds. The number of anilines is 1. The Morgan fingerprint density at radius 3 is 2.61 bits per heavy atom. The summed E-state index contributed by atoms with van der Waals surface area (Å²) in [5.74, 6) is -0.117. The lowest BCUT2D eigenvalue weighted by Gasteiger charge is -2.23. The topological polar surface area (TPSA) is 67.4 Å². The molecule has 23 heavy (non-hydrogen) atoms. The molecule has 1 atom stereocenters. The van der Waals surface area contributed by atoms with Crippen molar-refractivity contribution < 1.29 is 14.3 Å². The van der Waals surface area contributed by atoms with E-state index in [0.717, 1.165) is 43.6 Å². The number of aryl methyl sites for hydroxylation is 1. The highest BCUT2D eigenvalue weighted by atomic mass is 35.5. The first-order valence-corrected chi connectivity index (χ1v) is 7.76. The van der Waals surface area contributed by atoms with Crippen LogP contribution in [0.2, 0.25) is 0 Å². The van der Waals surface area contributed by atoms with Gasteiger partial charge in [-0.1, -0.05) is 0 Å². The largest absolute Gasteiger partial charge is 0.465 e. The summed E-state index contributed by atoms with van der Waals surface area (Å²) in [7, 11) is 1.36. The Morgan fingerprint density at radius 2 is 2.00 bits per heavy atom. The first-order valence-electron chi connectivity index (χ1n) is 7.76. The lowest BCUT2D eigenvalue weighted by atomic mass is 9.92. The Hall–Kier alpha value is -1.59.